The fraction of sp³-hybridized carbons (Fsp3) is 0.273. The maximum atomic E-state index is 4.89. The molecule has 1 aromatic carbocycles. The predicted molar refractivity (Wildman–Crippen MR) is 55.7 cm³/mol. The molecule has 1 unspecified atom stereocenters. The summed E-state index contributed by atoms with van der Waals surface area (Å²) in [6.07, 6.45) is 5.47. The molecule has 0 amide bonds. The van der Waals surface area contributed by atoms with Crippen LogP contribution in [0.5, 0.6) is 0 Å². The molecule has 0 aromatic heterocycles. The smallest absolute Gasteiger partial charge is 1.00 e. The Kier molecular flexibility index (Phi) is 4.70. The summed E-state index contributed by atoms with van der Waals surface area (Å²) < 4.78 is 4.89. The molecule has 0 saturated heterocycles. The van der Waals surface area contributed by atoms with Crippen molar-refractivity contribution < 1.29 is 24.7 Å². The minimum Gasteiger partial charge on any atom is -1.00 e. The third-order valence-corrected chi connectivity index (χ3v) is 2.64. The van der Waals surface area contributed by atoms with Gasteiger partial charge in [-0.05, 0) is 17.5 Å². The van der Waals surface area contributed by atoms with Crippen LogP contribution < -0.4 is 18.9 Å². The molecule has 0 N–H and O–H groups in total. The average Bonchev–Trinajstić information content (AvgIpc) is 2.58. The predicted octanol–water partition coefficient (Wildman–Crippen LogP) is -0.596. The van der Waals surface area contributed by atoms with E-state index in [9.17, 15) is 0 Å². The fourth-order valence-corrected chi connectivity index (χ4v) is 1.88. The van der Waals surface area contributed by atoms with E-state index in [-0.39, 0.29) is 20.3 Å². The zero-order chi connectivity index (χ0) is 9.10. The van der Waals surface area contributed by atoms with Gasteiger partial charge in [0, 0.05) is 12.5 Å². The number of hydrogen-bond acceptors (Lipinski definition) is 1. The van der Waals surface area contributed by atoms with Gasteiger partial charge in [0.25, 0.3) is 0 Å². The van der Waals surface area contributed by atoms with Gasteiger partial charge in [0.2, 0.25) is 10.5 Å². The summed E-state index contributed by atoms with van der Waals surface area (Å²) in [7, 11) is 3.02. The van der Waals surface area contributed by atoms with Gasteiger partial charge in [-0.3, -0.25) is 0 Å². The van der Waals surface area contributed by atoms with Crippen molar-refractivity contribution in [2.24, 2.45) is 0 Å². The molecule has 1 nitrogen and oxygen atoms in total. The summed E-state index contributed by atoms with van der Waals surface area (Å²) in [5.41, 5.74) is 2.77. The molecule has 1 aromatic rings. The van der Waals surface area contributed by atoms with E-state index < -0.39 is 0 Å². The number of rotatable bonds is 3. The Balaban J connectivity index is 0.000000980. The first kappa shape index (κ1) is 11.8. The molecule has 0 bridgehead atoms. The van der Waals surface area contributed by atoms with Crippen molar-refractivity contribution in [1.82, 2.24) is 0 Å². The minimum atomic E-state index is 0. The van der Waals surface area contributed by atoms with E-state index in [2.05, 4.69) is 46.9 Å². The summed E-state index contributed by atoms with van der Waals surface area (Å²) >= 11 is 0. The average molecular weight is 195 g/mol. The molecule has 0 fully saturated rings. The van der Waals surface area contributed by atoms with Crippen LogP contribution in [-0.4, -0.2) is 17.1 Å². The molecule has 67 valence electrons. The van der Waals surface area contributed by atoms with Gasteiger partial charge >= 0.3 is 18.9 Å². The summed E-state index contributed by atoms with van der Waals surface area (Å²) in [6, 6.07) is 8.51. The van der Waals surface area contributed by atoms with E-state index in [0.29, 0.717) is 5.92 Å². The third-order valence-electron chi connectivity index (χ3n) is 2.43. The molecule has 1 aliphatic rings. The van der Waals surface area contributed by atoms with E-state index >= 15 is 0 Å². The van der Waals surface area contributed by atoms with Crippen LogP contribution in [-0.2, 0) is 4.43 Å². The molecule has 14 heavy (non-hydrogen) atoms. The maximum Gasteiger partial charge on any atom is 1.00 e. The first-order chi connectivity index (χ1) is 6.42. The maximum absolute atomic E-state index is 4.89. The van der Waals surface area contributed by atoms with Gasteiger partial charge in [0.15, 0.2) is 0 Å². The fourth-order valence-electron chi connectivity index (χ4n) is 1.76. The number of benzene rings is 1. The molecule has 0 spiro atoms. The van der Waals surface area contributed by atoms with Crippen LogP contribution in [0.3, 0.4) is 0 Å². The Morgan fingerprint density at radius 1 is 1.36 bits per heavy atom. The third kappa shape index (κ3) is 2.40. The molecule has 2 rings (SSSR count). The van der Waals surface area contributed by atoms with Gasteiger partial charge < -0.3 is 5.85 Å². The van der Waals surface area contributed by atoms with Crippen LogP contribution >= 0.6 is 0 Å². The van der Waals surface area contributed by atoms with E-state index in [1.165, 1.54) is 11.1 Å². The Morgan fingerprint density at radius 3 is 2.93 bits per heavy atom. The molecule has 0 saturated carbocycles. The molecular formula is C11H12LiOSi. The topological polar surface area (TPSA) is 9.23 Å². The van der Waals surface area contributed by atoms with Crippen molar-refractivity contribution in [1.29, 1.82) is 0 Å². The van der Waals surface area contributed by atoms with Gasteiger partial charge in [-0.2, -0.15) is 0 Å². The van der Waals surface area contributed by atoms with E-state index in [4.69, 9.17) is 4.43 Å². The Morgan fingerprint density at radius 2 is 2.14 bits per heavy atom. The van der Waals surface area contributed by atoms with Crippen molar-refractivity contribution in [2.45, 2.75) is 12.3 Å². The van der Waals surface area contributed by atoms with E-state index in [1.807, 2.05) is 0 Å². The normalized spacial score (nSPS) is 17.6. The second kappa shape index (κ2) is 5.58. The largest absolute Gasteiger partial charge is 1.00 e. The Labute approximate surface area is 102 Å². The molecule has 1 aliphatic carbocycles. The van der Waals surface area contributed by atoms with Gasteiger partial charge in [-0.25, -0.2) is 0 Å². The van der Waals surface area contributed by atoms with Crippen LogP contribution in [0.25, 0.3) is 6.08 Å². The molecule has 3 heteroatoms. The van der Waals surface area contributed by atoms with Crippen LogP contribution in [0.2, 0.25) is 0 Å². The molecular weight excluding hydrogens is 183 g/mol. The number of fused-ring (bicyclic) bond motifs is 1. The molecule has 1 atom stereocenters. The van der Waals surface area contributed by atoms with Gasteiger partial charge in [0.1, 0.15) is 0 Å². The van der Waals surface area contributed by atoms with Crippen molar-refractivity contribution >= 4 is 16.6 Å². The quantitative estimate of drug-likeness (QED) is 0.585. The molecule has 0 aliphatic heterocycles. The SMILES string of the molecule is [H-].[Li+].[Si]OCCC1C=Cc2ccccc21. The zero-order valence-corrected chi connectivity index (χ0v) is 9.36. The second-order valence-corrected chi connectivity index (χ2v) is 3.52. The van der Waals surface area contributed by atoms with Crippen molar-refractivity contribution in [2.75, 3.05) is 6.61 Å². The van der Waals surface area contributed by atoms with Crippen LogP contribution in [0, 0.1) is 0 Å². The monoisotopic (exact) mass is 195 g/mol. The van der Waals surface area contributed by atoms with Gasteiger partial charge in [-0.15, -0.1) is 0 Å². The number of hydrogen-bond donors (Lipinski definition) is 0. The second-order valence-electron chi connectivity index (χ2n) is 3.23. The number of allylic oxidation sites excluding steroid dienone is 1. The molecule has 3 radical (unpaired) electrons. The summed E-state index contributed by atoms with van der Waals surface area (Å²) in [4.78, 5) is 0. The van der Waals surface area contributed by atoms with Crippen LogP contribution in [0.1, 0.15) is 24.9 Å². The van der Waals surface area contributed by atoms with Gasteiger partial charge in [-0.1, -0.05) is 36.4 Å². The summed E-state index contributed by atoms with van der Waals surface area (Å²) in [5, 5.41) is 0. The molecule has 0 heterocycles. The standard InChI is InChI=1S/C11H11OSi.Li.H/c13-12-8-7-10-6-5-9-3-1-2-4-11(9)10;;/h1-6,10H,7-8H2;;/q;+1;-1. The summed E-state index contributed by atoms with van der Waals surface area (Å²) in [5.74, 6) is 0.535. The van der Waals surface area contributed by atoms with Crippen LogP contribution in [0.4, 0.5) is 0 Å². The van der Waals surface area contributed by atoms with E-state index in [0.717, 1.165) is 13.0 Å². The Bertz CT molecular complexity index is 330. The van der Waals surface area contributed by atoms with Crippen LogP contribution in [0.15, 0.2) is 30.3 Å². The zero-order valence-electron chi connectivity index (χ0n) is 9.36. The van der Waals surface area contributed by atoms with Crippen molar-refractivity contribution in [3.05, 3.63) is 41.5 Å². The minimum absolute atomic E-state index is 0. The first-order valence-electron chi connectivity index (χ1n) is 4.47. The van der Waals surface area contributed by atoms with E-state index in [1.54, 1.807) is 0 Å². The van der Waals surface area contributed by atoms with Gasteiger partial charge in [0.05, 0.1) is 0 Å². The Hall–Kier alpha value is -0.266. The first-order valence-corrected chi connectivity index (χ1v) is 4.88. The van der Waals surface area contributed by atoms with Crippen molar-refractivity contribution in [3.63, 3.8) is 0 Å². The van der Waals surface area contributed by atoms with Crippen molar-refractivity contribution in [3.8, 4) is 0 Å². The summed E-state index contributed by atoms with van der Waals surface area (Å²) in [6.45, 7) is 0.750.